The summed E-state index contributed by atoms with van der Waals surface area (Å²) in [5, 5.41) is 3.42. The molecular formula is C14H30N2O. The molecular weight excluding hydrogens is 212 g/mol. The van der Waals surface area contributed by atoms with Crippen LogP contribution in [0.2, 0.25) is 0 Å². The van der Waals surface area contributed by atoms with E-state index in [0.29, 0.717) is 0 Å². The molecule has 0 bridgehead atoms. The van der Waals surface area contributed by atoms with E-state index < -0.39 is 0 Å². The van der Waals surface area contributed by atoms with Crippen molar-refractivity contribution in [1.82, 2.24) is 10.2 Å². The third-order valence-electron chi connectivity index (χ3n) is 3.78. The zero-order chi connectivity index (χ0) is 12.3. The second kappa shape index (κ2) is 9.86. The van der Waals surface area contributed by atoms with Crippen LogP contribution >= 0.6 is 0 Å². The lowest BCUT2D eigenvalue weighted by Gasteiger charge is -2.33. The molecule has 0 aromatic carbocycles. The maximum Gasteiger partial charge on any atom is 0.0587 e. The Bertz CT molecular complexity index is 170. The van der Waals surface area contributed by atoms with Gasteiger partial charge in [0.25, 0.3) is 0 Å². The van der Waals surface area contributed by atoms with Crippen LogP contribution in [-0.4, -0.2) is 50.8 Å². The van der Waals surface area contributed by atoms with Gasteiger partial charge in [0.1, 0.15) is 0 Å². The number of nitrogens with one attached hydrogen (secondary N) is 1. The summed E-state index contributed by atoms with van der Waals surface area (Å²) < 4.78 is 5.01. The van der Waals surface area contributed by atoms with Crippen molar-refractivity contribution < 1.29 is 4.74 Å². The van der Waals surface area contributed by atoms with E-state index in [-0.39, 0.29) is 0 Å². The number of hydrogen-bond acceptors (Lipinski definition) is 3. The first-order chi connectivity index (χ1) is 8.38. The normalized spacial score (nSPS) is 17.8. The predicted octanol–water partition coefficient (Wildman–Crippen LogP) is 2.27. The van der Waals surface area contributed by atoms with Crippen LogP contribution in [0.1, 0.15) is 45.4 Å². The Morgan fingerprint density at radius 2 is 1.94 bits per heavy atom. The van der Waals surface area contributed by atoms with Crippen molar-refractivity contribution in [3.63, 3.8) is 0 Å². The molecule has 3 heteroatoms. The summed E-state index contributed by atoms with van der Waals surface area (Å²) >= 11 is 0. The predicted molar refractivity (Wildman–Crippen MR) is 73.5 cm³/mol. The molecule has 1 aliphatic rings. The zero-order valence-corrected chi connectivity index (χ0v) is 11.7. The number of hydrogen-bond donors (Lipinski definition) is 1. The van der Waals surface area contributed by atoms with Gasteiger partial charge in [-0.15, -0.1) is 0 Å². The molecule has 102 valence electrons. The maximum atomic E-state index is 5.01. The van der Waals surface area contributed by atoms with Gasteiger partial charge in [-0.3, -0.25) is 0 Å². The molecule has 0 atom stereocenters. The number of rotatable bonds is 9. The van der Waals surface area contributed by atoms with Crippen LogP contribution in [0.3, 0.4) is 0 Å². The van der Waals surface area contributed by atoms with Crippen molar-refractivity contribution in [2.24, 2.45) is 0 Å². The Morgan fingerprint density at radius 1 is 1.18 bits per heavy atom. The molecule has 0 aromatic rings. The van der Waals surface area contributed by atoms with E-state index in [9.17, 15) is 0 Å². The number of methoxy groups -OCH3 is 1. The number of nitrogens with zero attached hydrogens (tertiary/aromatic N) is 1. The SMILES string of the molecule is CCN(CCCNCCOC)C1CCCCC1. The van der Waals surface area contributed by atoms with Crippen LogP contribution in [0, 0.1) is 0 Å². The third kappa shape index (κ3) is 6.39. The van der Waals surface area contributed by atoms with Gasteiger partial charge in [-0.1, -0.05) is 26.2 Å². The first-order valence-corrected chi connectivity index (χ1v) is 7.32. The van der Waals surface area contributed by atoms with E-state index in [2.05, 4.69) is 17.1 Å². The van der Waals surface area contributed by atoms with Crippen LogP contribution < -0.4 is 5.32 Å². The zero-order valence-electron chi connectivity index (χ0n) is 11.7. The average molecular weight is 242 g/mol. The molecule has 0 radical (unpaired) electrons. The largest absolute Gasteiger partial charge is 0.383 e. The molecule has 1 aliphatic carbocycles. The molecule has 3 nitrogen and oxygen atoms in total. The third-order valence-corrected chi connectivity index (χ3v) is 3.78. The Kier molecular flexibility index (Phi) is 8.67. The summed E-state index contributed by atoms with van der Waals surface area (Å²) in [4.78, 5) is 2.68. The fraction of sp³-hybridized carbons (Fsp3) is 1.00. The molecule has 0 aromatic heterocycles. The molecule has 0 unspecified atom stereocenters. The molecule has 17 heavy (non-hydrogen) atoms. The van der Waals surface area contributed by atoms with Gasteiger partial charge >= 0.3 is 0 Å². The van der Waals surface area contributed by atoms with Crippen LogP contribution in [0.15, 0.2) is 0 Å². The molecule has 1 rings (SSSR count). The highest BCUT2D eigenvalue weighted by Gasteiger charge is 2.18. The van der Waals surface area contributed by atoms with Crippen LogP contribution in [0.4, 0.5) is 0 Å². The van der Waals surface area contributed by atoms with Crippen molar-refractivity contribution in [3.8, 4) is 0 Å². The van der Waals surface area contributed by atoms with Gasteiger partial charge in [0.15, 0.2) is 0 Å². The van der Waals surface area contributed by atoms with E-state index in [1.165, 1.54) is 51.6 Å². The fourth-order valence-electron chi connectivity index (χ4n) is 2.75. The van der Waals surface area contributed by atoms with Gasteiger partial charge in [-0.05, 0) is 38.9 Å². The van der Waals surface area contributed by atoms with Gasteiger partial charge in [0, 0.05) is 19.7 Å². The lowest BCUT2D eigenvalue weighted by molar-refractivity contribution is 0.160. The molecule has 0 saturated heterocycles. The van der Waals surface area contributed by atoms with Gasteiger partial charge in [-0.25, -0.2) is 0 Å². The Balaban J connectivity index is 2.05. The van der Waals surface area contributed by atoms with Crippen LogP contribution in [0.5, 0.6) is 0 Å². The first kappa shape index (κ1) is 14.9. The van der Waals surface area contributed by atoms with Crippen molar-refractivity contribution in [3.05, 3.63) is 0 Å². The molecule has 0 amide bonds. The molecule has 0 aliphatic heterocycles. The van der Waals surface area contributed by atoms with Crippen molar-refractivity contribution >= 4 is 0 Å². The quantitative estimate of drug-likeness (QED) is 0.628. The van der Waals surface area contributed by atoms with Crippen molar-refractivity contribution in [1.29, 1.82) is 0 Å². The van der Waals surface area contributed by atoms with E-state index in [4.69, 9.17) is 4.74 Å². The van der Waals surface area contributed by atoms with E-state index in [1.807, 2.05) is 0 Å². The molecule has 1 fully saturated rings. The second-order valence-corrected chi connectivity index (χ2v) is 5.02. The van der Waals surface area contributed by atoms with Crippen molar-refractivity contribution in [2.45, 2.75) is 51.5 Å². The average Bonchev–Trinajstić information content (AvgIpc) is 2.39. The van der Waals surface area contributed by atoms with E-state index in [1.54, 1.807) is 7.11 Å². The summed E-state index contributed by atoms with van der Waals surface area (Å²) in [6, 6.07) is 0.868. The topological polar surface area (TPSA) is 24.5 Å². The van der Waals surface area contributed by atoms with E-state index >= 15 is 0 Å². The monoisotopic (exact) mass is 242 g/mol. The van der Waals surface area contributed by atoms with Crippen molar-refractivity contribution in [2.75, 3.05) is 39.9 Å². The Hall–Kier alpha value is -0.120. The standard InChI is InChI=1S/C14H30N2O/c1-3-16(14-8-5-4-6-9-14)12-7-10-15-11-13-17-2/h14-15H,3-13H2,1-2H3. The minimum atomic E-state index is 0.820. The molecule has 1 saturated carbocycles. The second-order valence-electron chi connectivity index (χ2n) is 5.02. The minimum Gasteiger partial charge on any atom is -0.383 e. The van der Waals surface area contributed by atoms with E-state index in [0.717, 1.165) is 25.7 Å². The first-order valence-electron chi connectivity index (χ1n) is 7.32. The van der Waals surface area contributed by atoms with Crippen LogP contribution in [-0.2, 0) is 4.74 Å². The summed E-state index contributed by atoms with van der Waals surface area (Å²) in [5.74, 6) is 0. The Morgan fingerprint density at radius 3 is 2.59 bits per heavy atom. The minimum absolute atomic E-state index is 0.820. The Labute approximate surface area is 107 Å². The molecule has 0 heterocycles. The van der Waals surface area contributed by atoms with Gasteiger partial charge in [0.2, 0.25) is 0 Å². The summed E-state index contributed by atoms with van der Waals surface area (Å²) in [5.41, 5.74) is 0. The summed E-state index contributed by atoms with van der Waals surface area (Å²) in [6.45, 7) is 7.68. The highest BCUT2D eigenvalue weighted by molar-refractivity contribution is 4.75. The highest BCUT2D eigenvalue weighted by atomic mass is 16.5. The smallest absolute Gasteiger partial charge is 0.0587 e. The summed E-state index contributed by atoms with van der Waals surface area (Å²) in [7, 11) is 1.75. The van der Waals surface area contributed by atoms with Gasteiger partial charge in [0.05, 0.1) is 6.61 Å². The lowest BCUT2D eigenvalue weighted by Crippen LogP contribution is -2.38. The lowest BCUT2D eigenvalue weighted by atomic mass is 9.94. The summed E-state index contributed by atoms with van der Waals surface area (Å²) in [6.07, 6.45) is 8.43. The molecule has 1 N–H and O–H groups in total. The highest BCUT2D eigenvalue weighted by Crippen LogP contribution is 2.22. The fourth-order valence-corrected chi connectivity index (χ4v) is 2.75. The van der Waals surface area contributed by atoms with Crippen LogP contribution in [0.25, 0.3) is 0 Å². The maximum absolute atomic E-state index is 5.01. The van der Waals surface area contributed by atoms with Gasteiger partial charge in [-0.2, -0.15) is 0 Å². The van der Waals surface area contributed by atoms with Gasteiger partial charge < -0.3 is 15.0 Å². The molecule has 0 spiro atoms. The number of ether oxygens (including phenoxy) is 1.